The van der Waals surface area contributed by atoms with E-state index in [-0.39, 0.29) is 0 Å². The van der Waals surface area contributed by atoms with Crippen LogP contribution < -0.4 is 0 Å². The van der Waals surface area contributed by atoms with E-state index in [1.165, 1.54) is 0 Å². The standard InChI is InChI=1S/C16H19ClN2OS/c1-12-11-21-15(18-12)10-19-8-6-16(20,7-9-19)13-2-4-14(17)5-3-13/h2-5,11,20H,6-10H2,1H3. The molecule has 112 valence electrons. The third-order valence-corrected chi connectivity index (χ3v) is 5.29. The quantitative estimate of drug-likeness (QED) is 0.938. The molecule has 21 heavy (non-hydrogen) atoms. The van der Waals surface area contributed by atoms with E-state index in [4.69, 9.17) is 11.6 Å². The molecule has 3 rings (SSSR count). The summed E-state index contributed by atoms with van der Waals surface area (Å²) in [6.07, 6.45) is 1.50. The van der Waals surface area contributed by atoms with Crippen molar-refractivity contribution < 1.29 is 5.11 Å². The number of aryl methyl sites for hydroxylation is 1. The van der Waals surface area contributed by atoms with Gasteiger partial charge in [-0.2, -0.15) is 0 Å². The van der Waals surface area contributed by atoms with Crippen LogP contribution in [0.2, 0.25) is 5.02 Å². The lowest BCUT2D eigenvalue weighted by Crippen LogP contribution is -2.42. The fraction of sp³-hybridized carbons (Fsp3) is 0.438. The van der Waals surface area contributed by atoms with Crippen LogP contribution in [0.5, 0.6) is 0 Å². The lowest BCUT2D eigenvalue weighted by Gasteiger charge is -2.38. The van der Waals surface area contributed by atoms with Gasteiger partial charge in [0.05, 0.1) is 12.1 Å². The molecule has 1 aliphatic rings. The number of aromatic nitrogens is 1. The number of thiazole rings is 1. The normalized spacial score (nSPS) is 18.8. The van der Waals surface area contributed by atoms with Gasteiger partial charge in [0.25, 0.3) is 0 Å². The van der Waals surface area contributed by atoms with Crippen LogP contribution in [-0.2, 0) is 12.1 Å². The molecule has 0 unspecified atom stereocenters. The fourth-order valence-corrected chi connectivity index (χ4v) is 3.74. The highest BCUT2D eigenvalue weighted by molar-refractivity contribution is 7.09. The molecule has 0 saturated carbocycles. The first-order valence-corrected chi connectivity index (χ1v) is 8.43. The molecule has 0 atom stereocenters. The summed E-state index contributed by atoms with van der Waals surface area (Å²) >= 11 is 7.63. The van der Waals surface area contributed by atoms with Crippen molar-refractivity contribution in [1.82, 2.24) is 9.88 Å². The Labute approximate surface area is 134 Å². The third-order valence-electron chi connectivity index (χ3n) is 4.09. The lowest BCUT2D eigenvalue weighted by molar-refractivity contribution is -0.0277. The molecule has 2 heterocycles. The summed E-state index contributed by atoms with van der Waals surface area (Å²) < 4.78 is 0. The van der Waals surface area contributed by atoms with Gasteiger partial charge in [-0.15, -0.1) is 11.3 Å². The predicted octanol–water partition coefficient (Wildman–Crippen LogP) is 3.59. The van der Waals surface area contributed by atoms with E-state index in [1.807, 2.05) is 31.2 Å². The number of piperidine rings is 1. The van der Waals surface area contributed by atoms with Crippen LogP contribution in [0, 0.1) is 6.92 Å². The maximum Gasteiger partial charge on any atom is 0.107 e. The Hall–Kier alpha value is -0.940. The van der Waals surface area contributed by atoms with Gasteiger partial charge in [-0.05, 0) is 37.5 Å². The number of hydrogen-bond acceptors (Lipinski definition) is 4. The Morgan fingerprint density at radius 2 is 1.95 bits per heavy atom. The van der Waals surface area contributed by atoms with Crippen LogP contribution in [0.25, 0.3) is 0 Å². The summed E-state index contributed by atoms with van der Waals surface area (Å²) in [7, 11) is 0. The summed E-state index contributed by atoms with van der Waals surface area (Å²) in [5, 5.41) is 14.8. The number of halogens is 1. The van der Waals surface area contributed by atoms with Crippen molar-refractivity contribution in [2.24, 2.45) is 0 Å². The predicted molar refractivity (Wildman–Crippen MR) is 86.7 cm³/mol. The minimum Gasteiger partial charge on any atom is -0.385 e. The molecular weight excluding hydrogens is 304 g/mol. The van der Waals surface area contributed by atoms with Crippen LogP contribution in [0.3, 0.4) is 0 Å². The minimum atomic E-state index is -0.722. The number of hydrogen-bond donors (Lipinski definition) is 1. The van der Waals surface area contributed by atoms with Crippen molar-refractivity contribution >= 4 is 22.9 Å². The zero-order valence-electron chi connectivity index (χ0n) is 12.1. The average molecular weight is 323 g/mol. The van der Waals surface area contributed by atoms with Gasteiger partial charge in [-0.3, -0.25) is 4.90 Å². The Bertz CT molecular complexity index is 603. The maximum atomic E-state index is 10.8. The van der Waals surface area contributed by atoms with Gasteiger partial charge in [-0.25, -0.2) is 4.98 Å². The van der Waals surface area contributed by atoms with Crippen LogP contribution >= 0.6 is 22.9 Å². The van der Waals surface area contributed by atoms with Gasteiger partial charge < -0.3 is 5.11 Å². The smallest absolute Gasteiger partial charge is 0.107 e. The molecule has 1 aromatic heterocycles. The van der Waals surface area contributed by atoms with Gasteiger partial charge in [0, 0.05) is 29.2 Å². The fourth-order valence-electron chi connectivity index (χ4n) is 2.80. The highest BCUT2D eigenvalue weighted by Gasteiger charge is 2.33. The largest absolute Gasteiger partial charge is 0.385 e. The molecule has 5 heteroatoms. The summed E-state index contributed by atoms with van der Waals surface area (Å²) in [5.74, 6) is 0. The van der Waals surface area contributed by atoms with E-state index < -0.39 is 5.60 Å². The molecule has 0 amide bonds. The van der Waals surface area contributed by atoms with Gasteiger partial charge in [0.1, 0.15) is 5.01 Å². The van der Waals surface area contributed by atoms with Gasteiger partial charge in [0.15, 0.2) is 0 Å². The third kappa shape index (κ3) is 3.46. The number of likely N-dealkylation sites (tertiary alicyclic amines) is 1. The Morgan fingerprint density at radius 3 is 2.52 bits per heavy atom. The van der Waals surface area contributed by atoms with E-state index in [2.05, 4.69) is 15.3 Å². The Kier molecular flexibility index (Phi) is 4.31. The van der Waals surface area contributed by atoms with Crippen LogP contribution in [0.4, 0.5) is 0 Å². The Morgan fingerprint density at radius 1 is 1.29 bits per heavy atom. The topological polar surface area (TPSA) is 36.4 Å². The van der Waals surface area contributed by atoms with Crippen molar-refractivity contribution in [2.45, 2.75) is 31.9 Å². The zero-order valence-corrected chi connectivity index (χ0v) is 13.6. The average Bonchev–Trinajstić information content (AvgIpc) is 2.88. The van der Waals surface area contributed by atoms with Gasteiger partial charge >= 0.3 is 0 Å². The van der Waals surface area contributed by atoms with Gasteiger partial charge in [0.2, 0.25) is 0 Å². The first kappa shape index (κ1) is 15.0. The number of nitrogens with zero attached hydrogens (tertiary/aromatic N) is 2. The molecule has 1 N–H and O–H groups in total. The molecule has 2 aromatic rings. The zero-order chi connectivity index (χ0) is 14.9. The van der Waals surface area contributed by atoms with Crippen LogP contribution in [-0.4, -0.2) is 28.1 Å². The van der Waals surface area contributed by atoms with E-state index in [0.717, 1.165) is 48.7 Å². The van der Waals surface area contributed by atoms with Crippen molar-refractivity contribution in [1.29, 1.82) is 0 Å². The summed E-state index contributed by atoms with van der Waals surface area (Å²) in [4.78, 5) is 6.87. The summed E-state index contributed by atoms with van der Waals surface area (Å²) in [5.41, 5.74) is 1.33. The van der Waals surface area contributed by atoms with Crippen molar-refractivity contribution in [3.05, 3.63) is 50.9 Å². The highest BCUT2D eigenvalue weighted by Crippen LogP contribution is 2.33. The molecule has 0 spiro atoms. The molecule has 1 saturated heterocycles. The number of aliphatic hydroxyl groups is 1. The minimum absolute atomic E-state index is 0.707. The van der Waals surface area contributed by atoms with Crippen LogP contribution in [0.15, 0.2) is 29.6 Å². The highest BCUT2D eigenvalue weighted by atomic mass is 35.5. The van der Waals surface area contributed by atoms with Gasteiger partial charge in [-0.1, -0.05) is 23.7 Å². The number of rotatable bonds is 3. The second-order valence-electron chi connectivity index (χ2n) is 5.70. The maximum absolute atomic E-state index is 10.8. The van der Waals surface area contributed by atoms with E-state index in [0.29, 0.717) is 5.02 Å². The lowest BCUT2D eigenvalue weighted by atomic mass is 9.84. The first-order chi connectivity index (χ1) is 10.0. The summed E-state index contributed by atoms with van der Waals surface area (Å²) in [6.45, 7) is 4.68. The monoisotopic (exact) mass is 322 g/mol. The molecule has 1 fully saturated rings. The van der Waals surface area contributed by atoms with Crippen molar-refractivity contribution in [3.63, 3.8) is 0 Å². The summed E-state index contributed by atoms with van der Waals surface area (Å²) in [6, 6.07) is 7.56. The molecule has 0 aliphatic carbocycles. The van der Waals surface area contributed by atoms with E-state index >= 15 is 0 Å². The molecule has 1 aromatic carbocycles. The molecule has 3 nitrogen and oxygen atoms in total. The van der Waals surface area contributed by atoms with Crippen molar-refractivity contribution in [3.8, 4) is 0 Å². The van der Waals surface area contributed by atoms with E-state index in [9.17, 15) is 5.11 Å². The Balaban J connectivity index is 1.62. The van der Waals surface area contributed by atoms with E-state index in [1.54, 1.807) is 11.3 Å². The van der Waals surface area contributed by atoms with Crippen molar-refractivity contribution in [2.75, 3.05) is 13.1 Å². The molecular formula is C16H19ClN2OS. The molecule has 0 bridgehead atoms. The molecule has 1 aliphatic heterocycles. The SMILES string of the molecule is Cc1csc(CN2CCC(O)(c3ccc(Cl)cc3)CC2)n1. The second kappa shape index (κ2) is 6.05. The molecule has 0 radical (unpaired) electrons. The number of benzene rings is 1. The van der Waals surface area contributed by atoms with Crippen LogP contribution in [0.1, 0.15) is 29.1 Å². The first-order valence-electron chi connectivity index (χ1n) is 7.17. The second-order valence-corrected chi connectivity index (χ2v) is 7.08.